The minimum Gasteiger partial charge on any atom is -0.370 e. The molecule has 2 rings (SSSR count). The van der Waals surface area contributed by atoms with Crippen molar-refractivity contribution in [3.8, 4) is 0 Å². The van der Waals surface area contributed by atoms with Crippen molar-refractivity contribution in [3.05, 3.63) is 58.3 Å². The third kappa shape index (κ3) is 3.71. The summed E-state index contributed by atoms with van der Waals surface area (Å²) in [5.41, 5.74) is 1.23. The number of thioether (sulfide) groups is 1. The average Bonchev–Trinajstić information content (AvgIpc) is 2.46. The fourth-order valence-corrected chi connectivity index (χ4v) is 2.70. The normalized spacial score (nSPS) is 10.2. The van der Waals surface area contributed by atoms with Crippen molar-refractivity contribution >= 4 is 23.3 Å². The van der Waals surface area contributed by atoms with Crippen LogP contribution in [0.5, 0.6) is 0 Å². The molecule has 0 saturated carbocycles. The second-order valence-corrected chi connectivity index (χ2v) is 5.11. The molecule has 0 aliphatic rings. The Hall–Kier alpha value is -2.08. The Morgan fingerprint density at radius 1 is 1.35 bits per heavy atom. The summed E-state index contributed by atoms with van der Waals surface area (Å²) in [6, 6.07) is 10.7. The third-order valence-electron chi connectivity index (χ3n) is 2.64. The summed E-state index contributed by atoms with van der Waals surface area (Å²) in [6.07, 6.45) is 1.74. The lowest BCUT2D eigenvalue weighted by Crippen LogP contribution is -1.99. The Labute approximate surface area is 121 Å². The first kappa shape index (κ1) is 14.3. The highest BCUT2D eigenvalue weighted by Gasteiger charge is 2.12. The summed E-state index contributed by atoms with van der Waals surface area (Å²) in [5.74, 6) is 1.50. The number of benzene rings is 1. The van der Waals surface area contributed by atoms with Crippen LogP contribution in [0.25, 0.3) is 0 Å². The maximum atomic E-state index is 10.9. The fourth-order valence-electron chi connectivity index (χ4n) is 1.73. The van der Waals surface area contributed by atoms with Crippen molar-refractivity contribution in [1.82, 2.24) is 4.98 Å². The van der Waals surface area contributed by atoms with E-state index in [0.29, 0.717) is 10.6 Å². The second-order valence-electron chi connectivity index (χ2n) is 4.09. The number of nitro groups is 1. The van der Waals surface area contributed by atoms with Gasteiger partial charge in [-0.1, -0.05) is 12.1 Å². The molecule has 104 valence electrons. The molecule has 2 aromatic rings. The van der Waals surface area contributed by atoms with Crippen molar-refractivity contribution in [2.75, 3.05) is 11.9 Å². The van der Waals surface area contributed by atoms with E-state index in [9.17, 15) is 10.1 Å². The van der Waals surface area contributed by atoms with Gasteiger partial charge in [0.1, 0.15) is 5.82 Å². The first-order valence-corrected chi connectivity index (χ1v) is 7.24. The summed E-state index contributed by atoms with van der Waals surface area (Å²) < 4.78 is 0. The van der Waals surface area contributed by atoms with Crippen LogP contribution in [0.4, 0.5) is 11.5 Å². The molecule has 0 atom stereocenters. The van der Waals surface area contributed by atoms with E-state index in [0.717, 1.165) is 17.9 Å². The third-order valence-corrected chi connectivity index (χ3v) is 3.77. The van der Waals surface area contributed by atoms with Gasteiger partial charge in [0, 0.05) is 24.6 Å². The molecule has 0 amide bonds. The van der Waals surface area contributed by atoms with Crippen molar-refractivity contribution in [3.63, 3.8) is 0 Å². The topological polar surface area (TPSA) is 68.1 Å². The summed E-state index contributed by atoms with van der Waals surface area (Å²) in [7, 11) is 0. The molecule has 0 bridgehead atoms. The van der Waals surface area contributed by atoms with Gasteiger partial charge in [-0.05, 0) is 30.7 Å². The van der Waals surface area contributed by atoms with Crippen LogP contribution < -0.4 is 5.32 Å². The lowest BCUT2D eigenvalue weighted by molar-refractivity contribution is -0.387. The zero-order chi connectivity index (χ0) is 14.4. The van der Waals surface area contributed by atoms with E-state index in [1.165, 1.54) is 17.8 Å². The van der Waals surface area contributed by atoms with Gasteiger partial charge in [0.05, 0.1) is 9.82 Å². The monoisotopic (exact) mass is 289 g/mol. The number of nitrogens with one attached hydrogen (secondary N) is 1. The van der Waals surface area contributed by atoms with E-state index in [-0.39, 0.29) is 10.6 Å². The Bertz CT molecular complexity index is 604. The number of hydrogen-bond donors (Lipinski definition) is 1. The van der Waals surface area contributed by atoms with E-state index in [4.69, 9.17) is 0 Å². The van der Waals surface area contributed by atoms with Gasteiger partial charge in [-0.15, -0.1) is 11.8 Å². The quantitative estimate of drug-likeness (QED) is 0.499. The molecule has 6 heteroatoms. The fraction of sp³-hybridized carbons (Fsp3) is 0.214. The number of anilines is 1. The van der Waals surface area contributed by atoms with Crippen LogP contribution in [0.1, 0.15) is 12.5 Å². The highest BCUT2D eigenvalue weighted by atomic mass is 32.2. The average molecular weight is 289 g/mol. The number of para-hydroxylation sites is 1. The second kappa shape index (κ2) is 6.91. The van der Waals surface area contributed by atoms with Crippen LogP contribution >= 0.6 is 11.8 Å². The maximum absolute atomic E-state index is 10.9. The molecule has 1 N–H and O–H groups in total. The van der Waals surface area contributed by atoms with Crippen LogP contribution in [0.15, 0.2) is 47.5 Å². The molecule has 0 fully saturated rings. The van der Waals surface area contributed by atoms with Crippen LogP contribution in [-0.2, 0) is 5.75 Å². The van der Waals surface area contributed by atoms with Gasteiger partial charge in [0.15, 0.2) is 0 Å². The molecule has 0 saturated heterocycles. The number of aromatic nitrogens is 1. The Morgan fingerprint density at radius 3 is 2.90 bits per heavy atom. The minimum absolute atomic E-state index is 0.151. The highest BCUT2D eigenvalue weighted by molar-refractivity contribution is 7.98. The van der Waals surface area contributed by atoms with Crippen molar-refractivity contribution in [2.24, 2.45) is 0 Å². The van der Waals surface area contributed by atoms with Crippen LogP contribution in [-0.4, -0.2) is 16.5 Å². The first-order valence-electron chi connectivity index (χ1n) is 6.25. The highest BCUT2D eigenvalue weighted by Crippen LogP contribution is 2.31. The first-order chi connectivity index (χ1) is 9.70. The van der Waals surface area contributed by atoms with Gasteiger partial charge in [-0.3, -0.25) is 10.1 Å². The molecule has 0 unspecified atom stereocenters. The van der Waals surface area contributed by atoms with Crippen molar-refractivity contribution < 1.29 is 4.92 Å². The van der Waals surface area contributed by atoms with Gasteiger partial charge in [-0.2, -0.15) is 0 Å². The molecular formula is C14H15N3O2S. The van der Waals surface area contributed by atoms with Gasteiger partial charge >= 0.3 is 0 Å². The van der Waals surface area contributed by atoms with E-state index in [1.54, 1.807) is 18.3 Å². The SMILES string of the molecule is CCNc1cc(CSc2ccccc2[N+](=O)[O-])ccn1. The molecule has 0 aliphatic heterocycles. The van der Waals surface area contributed by atoms with Gasteiger partial charge in [0.2, 0.25) is 0 Å². The standard InChI is InChI=1S/C14H15N3O2S/c1-2-15-14-9-11(7-8-16-14)10-20-13-6-4-3-5-12(13)17(18)19/h3-9H,2,10H2,1H3,(H,15,16). The lowest BCUT2D eigenvalue weighted by Gasteiger charge is -2.06. The molecule has 5 nitrogen and oxygen atoms in total. The molecule has 0 spiro atoms. The number of hydrogen-bond acceptors (Lipinski definition) is 5. The van der Waals surface area contributed by atoms with Crippen molar-refractivity contribution in [2.45, 2.75) is 17.6 Å². The molecule has 1 aromatic heterocycles. The van der Waals surface area contributed by atoms with Crippen LogP contribution in [0.3, 0.4) is 0 Å². The van der Waals surface area contributed by atoms with Crippen LogP contribution in [0.2, 0.25) is 0 Å². The summed E-state index contributed by atoms with van der Waals surface area (Å²) in [5, 5.41) is 14.1. The number of pyridine rings is 1. The molecule has 20 heavy (non-hydrogen) atoms. The van der Waals surface area contributed by atoms with Gasteiger partial charge < -0.3 is 5.32 Å². The summed E-state index contributed by atoms with van der Waals surface area (Å²) in [6.45, 7) is 2.82. The van der Waals surface area contributed by atoms with Crippen molar-refractivity contribution in [1.29, 1.82) is 0 Å². The van der Waals surface area contributed by atoms with Crippen LogP contribution in [0, 0.1) is 10.1 Å². The maximum Gasteiger partial charge on any atom is 0.282 e. The zero-order valence-corrected chi connectivity index (χ0v) is 11.9. The molecule has 1 aromatic carbocycles. The lowest BCUT2D eigenvalue weighted by atomic mass is 10.3. The van der Waals surface area contributed by atoms with Gasteiger partial charge in [-0.25, -0.2) is 4.98 Å². The summed E-state index contributed by atoms with van der Waals surface area (Å²) in [4.78, 5) is 15.5. The van der Waals surface area contributed by atoms with E-state index in [1.807, 2.05) is 25.1 Å². The van der Waals surface area contributed by atoms with E-state index in [2.05, 4.69) is 10.3 Å². The number of nitro benzene ring substituents is 1. The molecule has 0 aliphatic carbocycles. The molecule has 0 radical (unpaired) electrons. The van der Waals surface area contributed by atoms with Gasteiger partial charge in [0.25, 0.3) is 5.69 Å². The van der Waals surface area contributed by atoms with E-state index < -0.39 is 0 Å². The molecule has 1 heterocycles. The number of nitrogens with zero attached hydrogens (tertiary/aromatic N) is 2. The summed E-state index contributed by atoms with van der Waals surface area (Å²) >= 11 is 1.46. The predicted octanol–water partition coefficient (Wildman–Crippen LogP) is 3.71. The predicted molar refractivity (Wildman–Crippen MR) is 81.1 cm³/mol. The van der Waals surface area contributed by atoms with E-state index >= 15 is 0 Å². The minimum atomic E-state index is -0.348. The Morgan fingerprint density at radius 2 is 2.15 bits per heavy atom. The zero-order valence-electron chi connectivity index (χ0n) is 11.1. The smallest absolute Gasteiger partial charge is 0.282 e. The Kier molecular flexibility index (Phi) is 4.95. The largest absolute Gasteiger partial charge is 0.370 e. The Balaban J connectivity index is 2.09. The number of rotatable bonds is 6. The molecular weight excluding hydrogens is 274 g/mol.